The summed E-state index contributed by atoms with van der Waals surface area (Å²) in [5, 5.41) is 3.94. The molecule has 0 saturated carbocycles. The minimum absolute atomic E-state index is 0.175. The fourth-order valence-electron chi connectivity index (χ4n) is 1.57. The highest BCUT2D eigenvalue weighted by Gasteiger charge is 2.13. The largest absolute Gasteiger partial charge is 0.337 e. The summed E-state index contributed by atoms with van der Waals surface area (Å²) in [6.45, 7) is 4.12. The van der Waals surface area contributed by atoms with E-state index in [2.05, 4.69) is 29.2 Å². The molecule has 0 amide bonds. The van der Waals surface area contributed by atoms with Crippen LogP contribution in [0.15, 0.2) is 28.8 Å². The molecule has 0 spiro atoms. The third kappa shape index (κ3) is 2.53. The number of hydrogen-bond donors (Lipinski definition) is 1. The molecule has 0 saturated heterocycles. The van der Waals surface area contributed by atoms with Gasteiger partial charge in [-0.05, 0) is 18.4 Å². The van der Waals surface area contributed by atoms with Gasteiger partial charge in [-0.15, -0.1) is 0 Å². The summed E-state index contributed by atoms with van der Waals surface area (Å²) in [5.41, 5.74) is 8.09. The molecule has 1 aromatic carbocycles. The van der Waals surface area contributed by atoms with E-state index in [9.17, 15) is 0 Å². The fourth-order valence-corrected chi connectivity index (χ4v) is 1.57. The standard InChI is InChI=1S/C13H17N3O/c1-3-9-5-7-10(8-6-9)12-15-13(17-16-12)11(14)4-2/h5-8,11H,3-4,14H2,1-2H3/t11-/m0/s1. The predicted octanol–water partition coefficient (Wildman–Crippen LogP) is 2.71. The Kier molecular flexibility index (Phi) is 3.54. The first-order chi connectivity index (χ1) is 8.24. The summed E-state index contributed by atoms with van der Waals surface area (Å²) in [4.78, 5) is 4.30. The van der Waals surface area contributed by atoms with Crippen LogP contribution in [0.1, 0.15) is 37.8 Å². The molecule has 0 aliphatic carbocycles. The van der Waals surface area contributed by atoms with E-state index in [1.165, 1.54) is 5.56 Å². The van der Waals surface area contributed by atoms with Crippen molar-refractivity contribution in [3.8, 4) is 11.4 Å². The van der Waals surface area contributed by atoms with Gasteiger partial charge in [-0.3, -0.25) is 0 Å². The highest BCUT2D eigenvalue weighted by atomic mass is 16.5. The van der Waals surface area contributed by atoms with E-state index < -0.39 is 0 Å². The summed E-state index contributed by atoms with van der Waals surface area (Å²) in [5.74, 6) is 1.11. The van der Waals surface area contributed by atoms with E-state index >= 15 is 0 Å². The van der Waals surface area contributed by atoms with Crippen molar-refractivity contribution in [3.05, 3.63) is 35.7 Å². The van der Waals surface area contributed by atoms with Crippen LogP contribution < -0.4 is 5.73 Å². The molecular weight excluding hydrogens is 214 g/mol. The lowest BCUT2D eigenvalue weighted by molar-refractivity contribution is 0.352. The van der Waals surface area contributed by atoms with Crippen molar-refractivity contribution < 1.29 is 4.52 Å². The number of benzene rings is 1. The van der Waals surface area contributed by atoms with Crippen LogP contribution in [0.25, 0.3) is 11.4 Å². The Morgan fingerprint density at radius 1 is 1.24 bits per heavy atom. The maximum absolute atomic E-state index is 5.84. The smallest absolute Gasteiger partial charge is 0.243 e. The minimum Gasteiger partial charge on any atom is -0.337 e. The van der Waals surface area contributed by atoms with Crippen molar-refractivity contribution in [2.75, 3.05) is 0 Å². The summed E-state index contributed by atoms with van der Waals surface area (Å²) in [6.07, 6.45) is 1.81. The quantitative estimate of drug-likeness (QED) is 0.878. The van der Waals surface area contributed by atoms with Crippen LogP contribution in [0.5, 0.6) is 0 Å². The van der Waals surface area contributed by atoms with E-state index in [1.807, 2.05) is 19.1 Å². The van der Waals surface area contributed by atoms with Crippen molar-refractivity contribution in [1.82, 2.24) is 10.1 Å². The van der Waals surface area contributed by atoms with Crippen LogP contribution in [-0.4, -0.2) is 10.1 Å². The van der Waals surface area contributed by atoms with Gasteiger partial charge in [-0.25, -0.2) is 0 Å². The molecular formula is C13H17N3O. The molecule has 2 N–H and O–H groups in total. The Balaban J connectivity index is 2.24. The van der Waals surface area contributed by atoms with Crippen molar-refractivity contribution >= 4 is 0 Å². The van der Waals surface area contributed by atoms with Crippen LogP contribution in [-0.2, 0) is 6.42 Å². The predicted molar refractivity (Wildman–Crippen MR) is 66.3 cm³/mol. The third-order valence-electron chi connectivity index (χ3n) is 2.82. The van der Waals surface area contributed by atoms with Crippen molar-refractivity contribution in [3.63, 3.8) is 0 Å². The van der Waals surface area contributed by atoms with Gasteiger partial charge in [0.25, 0.3) is 0 Å². The topological polar surface area (TPSA) is 64.9 Å². The molecule has 1 atom stereocenters. The van der Waals surface area contributed by atoms with E-state index in [4.69, 9.17) is 10.3 Å². The van der Waals surface area contributed by atoms with E-state index in [0.29, 0.717) is 11.7 Å². The van der Waals surface area contributed by atoms with Gasteiger partial charge in [-0.1, -0.05) is 43.3 Å². The lowest BCUT2D eigenvalue weighted by atomic mass is 10.1. The molecule has 0 aliphatic rings. The Morgan fingerprint density at radius 3 is 2.53 bits per heavy atom. The SMILES string of the molecule is CCc1ccc(-c2noc([C@@H](N)CC)n2)cc1. The molecule has 90 valence electrons. The monoisotopic (exact) mass is 231 g/mol. The van der Waals surface area contributed by atoms with Gasteiger partial charge in [0.2, 0.25) is 11.7 Å². The molecule has 4 heteroatoms. The van der Waals surface area contributed by atoms with Gasteiger partial charge in [0, 0.05) is 5.56 Å². The molecule has 2 rings (SSSR count). The number of aromatic nitrogens is 2. The van der Waals surface area contributed by atoms with Crippen molar-refractivity contribution in [1.29, 1.82) is 0 Å². The summed E-state index contributed by atoms with van der Waals surface area (Å²) in [6, 6.07) is 7.98. The Labute approximate surface area is 101 Å². The average molecular weight is 231 g/mol. The first-order valence-corrected chi connectivity index (χ1v) is 5.93. The van der Waals surface area contributed by atoms with Crippen LogP contribution in [0, 0.1) is 0 Å². The first-order valence-electron chi connectivity index (χ1n) is 5.93. The number of nitrogens with zero attached hydrogens (tertiary/aromatic N) is 2. The molecule has 0 bridgehead atoms. The molecule has 0 radical (unpaired) electrons. The molecule has 17 heavy (non-hydrogen) atoms. The molecule has 0 aliphatic heterocycles. The normalized spacial score (nSPS) is 12.6. The second-order valence-corrected chi connectivity index (χ2v) is 4.02. The van der Waals surface area contributed by atoms with Gasteiger partial charge in [0.15, 0.2) is 0 Å². The maximum atomic E-state index is 5.84. The minimum atomic E-state index is -0.175. The van der Waals surface area contributed by atoms with Gasteiger partial charge in [-0.2, -0.15) is 4.98 Å². The Bertz CT molecular complexity index is 476. The summed E-state index contributed by atoms with van der Waals surface area (Å²) in [7, 11) is 0. The lowest BCUT2D eigenvalue weighted by Gasteiger charge is -1.99. The molecule has 0 fully saturated rings. The number of aryl methyl sites for hydroxylation is 1. The summed E-state index contributed by atoms with van der Waals surface area (Å²) >= 11 is 0. The Morgan fingerprint density at radius 2 is 1.94 bits per heavy atom. The second-order valence-electron chi connectivity index (χ2n) is 4.02. The molecule has 2 aromatic rings. The average Bonchev–Trinajstić information content (AvgIpc) is 2.87. The third-order valence-corrected chi connectivity index (χ3v) is 2.82. The van der Waals surface area contributed by atoms with E-state index in [-0.39, 0.29) is 6.04 Å². The number of rotatable bonds is 4. The van der Waals surface area contributed by atoms with Crippen LogP contribution in [0.2, 0.25) is 0 Å². The second kappa shape index (κ2) is 5.10. The molecule has 1 heterocycles. The van der Waals surface area contributed by atoms with E-state index in [0.717, 1.165) is 18.4 Å². The van der Waals surface area contributed by atoms with Gasteiger partial charge < -0.3 is 10.3 Å². The first kappa shape index (κ1) is 11.8. The van der Waals surface area contributed by atoms with Crippen LogP contribution >= 0.6 is 0 Å². The van der Waals surface area contributed by atoms with Crippen molar-refractivity contribution in [2.24, 2.45) is 5.73 Å². The zero-order valence-electron chi connectivity index (χ0n) is 10.2. The molecule has 0 unspecified atom stereocenters. The van der Waals surface area contributed by atoms with Crippen LogP contribution in [0.4, 0.5) is 0 Å². The fraction of sp³-hybridized carbons (Fsp3) is 0.385. The maximum Gasteiger partial charge on any atom is 0.243 e. The highest BCUT2D eigenvalue weighted by molar-refractivity contribution is 5.54. The number of nitrogens with two attached hydrogens (primary N) is 1. The van der Waals surface area contributed by atoms with Gasteiger partial charge in [0.05, 0.1) is 6.04 Å². The van der Waals surface area contributed by atoms with Gasteiger partial charge >= 0.3 is 0 Å². The number of hydrogen-bond acceptors (Lipinski definition) is 4. The zero-order valence-corrected chi connectivity index (χ0v) is 10.2. The molecule has 1 aromatic heterocycles. The van der Waals surface area contributed by atoms with Crippen LogP contribution in [0.3, 0.4) is 0 Å². The van der Waals surface area contributed by atoms with Crippen molar-refractivity contribution in [2.45, 2.75) is 32.7 Å². The zero-order chi connectivity index (χ0) is 12.3. The lowest BCUT2D eigenvalue weighted by Crippen LogP contribution is -2.08. The Hall–Kier alpha value is -1.68. The highest BCUT2D eigenvalue weighted by Crippen LogP contribution is 2.19. The summed E-state index contributed by atoms with van der Waals surface area (Å²) < 4.78 is 5.14. The molecule has 4 nitrogen and oxygen atoms in total. The van der Waals surface area contributed by atoms with Gasteiger partial charge in [0.1, 0.15) is 0 Å². The van der Waals surface area contributed by atoms with E-state index in [1.54, 1.807) is 0 Å².